The summed E-state index contributed by atoms with van der Waals surface area (Å²) in [5.74, 6) is -0.450. The molecule has 2 rings (SSSR count). The first-order valence-electron chi connectivity index (χ1n) is 4.24. The van der Waals surface area contributed by atoms with Gasteiger partial charge in [0.25, 0.3) is 0 Å². The largest absolute Gasteiger partial charge is 0.456 e. The number of carbonyl (C=O) groups excluding carboxylic acids is 1. The minimum absolute atomic E-state index is 0.318. The van der Waals surface area contributed by atoms with Crippen LogP contribution in [0.5, 0.6) is 0 Å². The zero-order chi connectivity index (χ0) is 10.3. The Morgan fingerprint density at radius 2 is 2.21 bits per heavy atom. The molecule has 1 aliphatic heterocycles. The lowest BCUT2D eigenvalue weighted by Crippen LogP contribution is -2.27. The molecule has 0 saturated heterocycles. The first-order valence-corrected chi connectivity index (χ1v) is 5.03. The van der Waals surface area contributed by atoms with Crippen molar-refractivity contribution >= 4 is 21.9 Å². The van der Waals surface area contributed by atoms with E-state index >= 15 is 0 Å². The molecular weight excluding hydrogens is 251 g/mol. The van der Waals surface area contributed by atoms with Crippen LogP contribution in [0.2, 0.25) is 0 Å². The van der Waals surface area contributed by atoms with Crippen molar-refractivity contribution in [3.05, 3.63) is 33.8 Å². The molecule has 0 amide bonds. The molecule has 0 spiro atoms. The predicted octanol–water partition coefficient (Wildman–Crippen LogP) is 3.02. The van der Waals surface area contributed by atoms with E-state index in [9.17, 15) is 9.18 Å². The van der Waals surface area contributed by atoms with Crippen molar-refractivity contribution in [3.8, 4) is 0 Å². The molecule has 0 aliphatic carbocycles. The molecule has 0 fully saturated rings. The smallest absolute Gasteiger partial charge is 0.338 e. The van der Waals surface area contributed by atoms with Gasteiger partial charge in [0, 0.05) is 10.0 Å². The van der Waals surface area contributed by atoms with Crippen molar-refractivity contribution in [3.63, 3.8) is 0 Å². The molecule has 1 aromatic carbocycles. The topological polar surface area (TPSA) is 26.3 Å². The highest BCUT2D eigenvalue weighted by Gasteiger charge is 2.32. The number of benzene rings is 1. The molecule has 2 nitrogen and oxygen atoms in total. The Morgan fingerprint density at radius 3 is 2.93 bits per heavy atom. The van der Waals surface area contributed by atoms with Crippen LogP contribution in [-0.4, -0.2) is 12.1 Å². The van der Waals surface area contributed by atoms with E-state index < -0.39 is 18.2 Å². The monoisotopic (exact) mass is 258 g/mol. The van der Waals surface area contributed by atoms with Crippen LogP contribution in [0.15, 0.2) is 22.7 Å². The van der Waals surface area contributed by atoms with Crippen molar-refractivity contribution in [1.82, 2.24) is 0 Å². The van der Waals surface area contributed by atoms with Crippen LogP contribution in [0, 0.1) is 0 Å². The summed E-state index contributed by atoms with van der Waals surface area (Å²) in [4.78, 5) is 11.3. The fourth-order valence-corrected chi connectivity index (χ4v) is 1.87. The van der Waals surface area contributed by atoms with E-state index in [1.54, 1.807) is 25.1 Å². The molecule has 0 N–H and O–H groups in total. The van der Waals surface area contributed by atoms with Gasteiger partial charge in [-0.15, -0.1) is 0 Å². The molecule has 1 aliphatic rings. The normalized spacial score (nSPS) is 25.5. The molecule has 0 bridgehead atoms. The van der Waals surface area contributed by atoms with Crippen LogP contribution in [0.3, 0.4) is 0 Å². The quantitative estimate of drug-likeness (QED) is 0.669. The molecule has 14 heavy (non-hydrogen) atoms. The molecule has 4 heteroatoms. The summed E-state index contributed by atoms with van der Waals surface area (Å²) in [6, 6.07) is 4.89. The number of ether oxygens (including phenoxy) is 1. The van der Waals surface area contributed by atoms with E-state index in [1.807, 2.05) is 0 Å². The van der Waals surface area contributed by atoms with Gasteiger partial charge < -0.3 is 4.74 Å². The average molecular weight is 259 g/mol. The van der Waals surface area contributed by atoms with E-state index in [4.69, 9.17) is 4.74 Å². The Kier molecular flexibility index (Phi) is 2.31. The van der Waals surface area contributed by atoms with Gasteiger partial charge in [-0.25, -0.2) is 9.18 Å². The molecule has 74 valence electrons. The average Bonchev–Trinajstić information content (AvgIpc) is 2.14. The number of fused-ring (bicyclic) bond motifs is 1. The molecular formula is C10H8BrFO2. The Bertz CT molecular complexity index is 392. The second-order valence-electron chi connectivity index (χ2n) is 3.24. The number of hydrogen-bond acceptors (Lipinski definition) is 2. The van der Waals surface area contributed by atoms with Crippen LogP contribution in [-0.2, 0) is 4.74 Å². The van der Waals surface area contributed by atoms with E-state index in [2.05, 4.69) is 15.9 Å². The van der Waals surface area contributed by atoms with Gasteiger partial charge >= 0.3 is 5.97 Å². The standard InChI is InChI=1S/C10H8BrFO2/c1-5-9(12)8-4-6(11)2-3-7(8)10(13)14-5/h2-5,9H,1H3/t5-,9-/m0/s1. The second-order valence-corrected chi connectivity index (χ2v) is 4.16. The van der Waals surface area contributed by atoms with Crippen molar-refractivity contribution in [2.75, 3.05) is 0 Å². The Balaban J connectivity index is 2.56. The third-order valence-corrected chi connectivity index (χ3v) is 2.73. The van der Waals surface area contributed by atoms with E-state index in [0.29, 0.717) is 11.1 Å². The van der Waals surface area contributed by atoms with Gasteiger partial charge in [0.2, 0.25) is 0 Å². The zero-order valence-electron chi connectivity index (χ0n) is 7.46. The fourth-order valence-electron chi connectivity index (χ4n) is 1.49. The Morgan fingerprint density at radius 1 is 1.50 bits per heavy atom. The molecule has 2 atom stereocenters. The maximum absolute atomic E-state index is 13.6. The van der Waals surface area contributed by atoms with Crippen molar-refractivity contribution in [2.24, 2.45) is 0 Å². The van der Waals surface area contributed by atoms with Gasteiger partial charge in [-0.2, -0.15) is 0 Å². The Labute approximate surface area is 89.2 Å². The maximum atomic E-state index is 13.6. The van der Waals surface area contributed by atoms with E-state index in [-0.39, 0.29) is 0 Å². The third kappa shape index (κ3) is 1.43. The lowest BCUT2D eigenvalue weighted by atomic mass is 9.98. The van der Waals surface area contributed by atoms with Gasteiger partial charge in [-0.3, -0.25) is 0 Å². The first kappa shape index (κ1) is 9.65. The number of carbonyl (C=O) groups is 1. The minimum Gasteiger partial charge on any atom is -0.456 e. The van der Waals surface area contributed by atoms with Crippen LogP contribution >= 0.6 is 15.9 Å². The highest BCUT2D eigenvalue weighted by atomic mass is 79.9. The third-order valence-electron chi connectivity index (χ3n) is 2.24. The number of rotatable bonds is 0. The van der Waals surface area contributed by atoms with Gasteiger partial charge in [-0.05, 0) is 25.1 Å². The van der Waals surface area contributed by atoms with Gasteiger partial charge in [0.1, 0.15) is 6.10 Å². The lowest BCUT2D eigenvalue weighted by molar-refractivity contribution is 0.00401. The summed E-state index contributed by atoms with van der Waals surface area (Å²) in [5.41, 5.74) is 0.724. The fraction of sp³-hybridized carbons (Fsp3) is 0.300. The molecule has 0 saturated carbocycles. The van der Waals surface area contributed by atoms with Crippen molar-refractivity contribution in [1.29, 1.82) is 0 Å². The van der Waals surface area contributed by atoms with Crippen LogP contribution in [0.4, 0.5) is 4.39 Å². The summed E-state index contributed by atoms with van der Waals surface area (Å²) in [5, 5.41) is 0. The van der Waals surface area contributed by atoms with Gasteiger partial charge in [0.05, 0.1) is 5.56 Å². The highest BCUT2D eigenvalue weighted by molar-refractivity contribution is 9.10. The number of hydrogen-bond donors (Lipinski definition) is 0. The SMILES string of the molecule is C[C@@H]1OC(=O)c2ccc(Br)cc2[C@H]1F. The first-order chi connectivity index (χ1) is 6.59. The second kappa shape index (κ2) is 3.35. The van der Waals surface area contributed by atoms with Crippen LogP contribution in [0.1, 0.15) is 29.0 Å². The summed E-state index contributed by atoms with van der Waals surface area (Å²) in [7, 11) is 0. The van der Waals surface area contributed by atoms with Crippen LogP contribution in [0.25, 0.3) is 0 Å². The number of alkyl halides is 1. The number of halogens is 2. The van der Waals surface area contributed by atoms with Gasteiger partial charge in [-0.1, -0.05) is 15.9 Å². The number of esters is 1. The zero-order valence-corrected chi connectivity index (χ0v) is 9.05. The van der Waals surface area contributed by atoms with E-state index in [0.717, 1.165) is 4.47 Å². The molecule has 1 aromatic rings. The lowest BCUT2D eigenvalue weighted by Gasteiger charge is -2.25. The van der Waals surface area contributed by atoms with Gasteiger partial charge in [0.15, 0.2) is 6.17 Å². The number of cyclic esters (lactones) is 1. The Hall–Kier alpha value is -0.900. The van der Waals surface area contributed by atoms with Crippen molar-refractivity contribution in [2.45, 2.75) is 19.2 Å². The molecule has 0 aromatic heterocycles. The molecule has 0 radical (unpaired) electrons. The predicted molar refractivity (Wildman–Crippen MR) is 52.9 cm³/mol. The van der Waals surface area contributed by atoms with Crippen LogP contribution < -0.4 is 0 Å². The summed E-state index contributed by atoms with van der Waals surface area (Å²) in [6.45, 7) is 1.55. The summed E-state index contributed by atoms with van der Waals surface area (Å²) >= 11 is 3.24. The highest BCUT2D eigenvalue weighted by Crippen LogP contribution is 2.33. The minimum atomic E-state index is -1.24. The molecule has 1 heterocycles. The maximum Gasteiger partial charge on any atom is 0.338 e. The summed E-state index contributed by atoms with van der Waals surface area (Å²) < 4.78 is 19.2. The molecule has 0 unspecified atom stereocenters. The van der Waals surface area contributed by atoms with E-state index in [1.165, 1.54) is 0 Å². The van der Waals surface area contributed by atoms with Crippen molar-refractivity contribution < 1.29 is 13.9 Å². The summed E-state index contributed by atoms with van der Waals surface area (Å²) in [6.07, 6.45) is -1.94.